The second-order valence-corrected chi connectivity index (χ2v) is 10.7. The molecular weight excluding hydrogens is 422 g/mol. The van der Waals surface area contributed by atoms with Gasteiger partial charge in [-0.1, -0.05) is 0 Å². The highest BCUT2D eigenvalue weighted by molar-refractivity contribution is 7.89. The quantitative estimate of drug-likeness (QED) is 0.566. The summed E-state index contributed by atoms with van der Waals surface area (Å²) in [4.78, 5) is 11.6. The van der Waals surface area contributed by atoms with Crippen LogP contribution < -0.4 is 9.46 Å². The summed E-state index contributed by atoms with van der Waals surface area (Å²) in [5.41, 5.74) is 0.0934. The van der Waals surface area contributed by atoms with Crippen LogP contribution in [0.4, 0.5) is 0 Å². The normalized spacial score (nSPS) is 16.7. The van der Waals surface area contributed by atoms with E-state index >= 15 is 0 Å². The Morgan fingerprint density at radius 3 is 2.31 bits per heavy atom. The Morgan fingerprint density at radius 2 is 1.79 bits per heavy atom. The lowest BCUT2D eigenvalue weighted by atomic mass is 9.99. The van der Waals surface area contributed by atoms with Crippen LogP contribution in [0.2, 0.25) is 0 Å². The van der Waals surface area contributed by atoms with Gasteiger partial charge >= 0.3 is 5.97 Å². The Kier molecular flexibility index (Phi) is 7.62. The van der Waals surface area contributed by atoms with Crippen molar-refractivity contribution in [1.29, 1.82) is 0 Å². The highest BCUT2D eigenvalue weighted by atomic mass is 32.2. The van der Waals surface area contributed by atoms with Gasteiger partial charge in [0.05, 0.1) is 19.8 Å². The standard InChI is InChI=1S/C17H27N3O7S2/c1-19(2)29(24,25)20-9-7-13(8-10-20)12-18-28(22,23)16-11-14(17(21)27-4)5-6-15(16)26-3/h5-6,11,13,18H,7-10,12H2,1-4H3. The maximum atomic E-state index is 12.8. The highest BCUT2D eigenvalue weighted by Gasteiger charge is 2.30. The van der Waals surface area contributed by atoms with Crippen LogP contribution in [0, 0.1) is 5.92 Å². The molecule has 0 aliphatic carbocycles. The molecule has 0 atom stereocenters. The van der Waals surface area contributed by atoms with Crippen molar-refractivity contribution in [3.05, 3.63) is 23.8 Å². The van der Waals surface area contributed by atoms with Gasteiger partial charge in [-0.05, 0) is 37.0 Å². The Balaban J connectivity index is 2.07. The van der Waals surface area contributed by atoms with Crippen molar-refractivity contribution in [3.8, 4) is 5.75 Å². The van der Waals surface area contributed by atoms with Crippen LogP contribution >= 0.6 is 0 Å². The molecule has 1 heterocycles. The van der Waals surface area contributed by atoms with Crippen molar-refractivity contribution < 1.29 is 31.1 Å². The average molecular weight is 450 g/mol. The third-order valence-corrected chi connectivity index (χ3v) is 8.18. The van der Waals surface area contributed by atoms with Gasteiger partial charge in [0.25, 0.3) is 10.2 Å². The summed E-state index contributed by atoms with van der Waals surface area (Å²) in [6, 6.07) is 4.02. The zero-order valence-corrected chi connectivity index (χ0v) is 18.5. The van der Waals surface area contributed by atoms with Crippen LogP contribution in [0.3, 0.4) is 0 Å². The number of methoxy groups -OCH3 is 2. The third kappa shape index (κ3) is 5.45. The summed E-state index contributed by atoms with van der Waals surface area (Å²) in [5, 5.41) is 0. The van der Waals surface area contributed by atoms with Gasteiger partial charge in [-0.3, -0.25) is 0 Å². The molecule has 0 spiro atoms. The number of benzene rings is 1. The van der Waals surface area contributed by atoms with Crippen molar-refractivity contribution in [2.24, 2.45) is 5.92 Å². The summed E-state index contributed by atoms with van der Waals surface area (Å²) in [6.07, 6.45) is 1.07. The molecule has 1 aromatic rings. The molecule has 0 radical (unpaired) electrons. The van der Waals surface area contributed by atoms with E-state index < -0.39 is 26.2 Å². The number of piperidine rings is 1. The first kappa shape index (κ1) is 23.5. The molecule has 1 saturated heterocycles. The van der Waals surface area contributed by atoms with Crippen molar-refractivity contribution in [2.75, 3.05) is 47.9 Å². The number of carbonyl (C=O) groups excluding carboxylic acids is 1. The van der Waals surface area contributed by atoms with Gasteiger partial charge in [-0.25, -0.2) is 17.9 Å². The first-order valence-corrected chi connectivity index (χ1v) is 11.8. The van der Waals surface area contributed by atoms with E-state index in [2.05, 4.69) is 9.46 Å². The van der Waals surface area contributed by atoms with E-state index in [4.69, 9.17) is 4.74 Å². The van der Waals surface area contributed by atoms with Gasteiger partial charge in [0.15, 0.2) is 0 Å². The number of hydrogen-bond donors (Lipinski definition) is 1. The Bertz CT molecular complexity index is 938. The SMILES string of the molecule is COC(=O)c1ccc(OC)c(S(=O)(=O)NCC2CCN(S(=O)(=O)N(C)C)CC2)c1. The summed E-state index contributed by atoms with van der Waals surface area (Å²) in [5.74, 6) is -0.552. The summed E-state index contributed by atoms with van der Waals surface area (Å²) >= 11 is 0. The van der Waals surface area contributed by atoms with E-state index in [1.807, 2.05) is 0 Å². The van der Waals surface area contributed by atoms with Crippen LogP contribution in [0.25, 0.3) is 0 Å². The predicted molar refractivity (Wildman–Crippen MR) is 106 cm³/mol. The number of carbonyl (C=O) groups is 1. The molecule has 0 aromatic heterocycles. The van der Waals surface area contributed by atoms with Crippen LogP contribution in [-0.4, -0.2) is 79.4 Å². The zero-order chi connectivity index (χ0) is 21.8. The molecule has 0 saturated carbocycles. The van der Waals surface area contributed by atoms with E-state index in [0.717, 1.165) is 4.31 Å². The smallest absolute Gasteiger partial charge is 0.337 e. The van der Waals surface area contributed by atoms with Gasteiger partial charge in [0.2, 0.25) is 10.0 Å². The molecule has 1 aliphatic rings. The summed E-state index contributed by atoms with van der Waals surface area (Å²) in [6.45, 7) is 0.811. The number of sulfonamides is 1. The van der Waals surface area contributed by atoms with Gasteiger partial charge in [-0.2, -0.15) is 17.0 Å². The monoisotopic (exact) mass is 449 g/mol. The fourth-order valence-corrected chi connectivity index (χ4v) is 5.46. The molecule has 29 heavy (non-hydrogen) atoms. The lowest BCUT2D eigenvalue weighted by molar-refractivity contribution is 0.0600. The number of nitrogens with one attached hydrogen (secondary N) is 1. The molecule has 1 N–H and O–H groups in total. The lowest BCUT2D eigenvalue weighted by Gasteiger charge is -2.32. The van der Waals surface area contributed by atoms with Gasteiger partial charge in [0, 0.05) is 33.7 Å². The maximum Gasteiger partial charge on any atom is 0.337 e. The zero-order valence-electron chi connectivity index (χ0n) is 16.9. The molecule has 1 fully saturated rings. The molecule has 0 bridgehead atoms. The fraction of sp³-hybridized carbons (Fsp3) is 0.588. The molecule has 12 heteroatoms. The average Bonchev–Trinajstić information content (AvgIpc) is 2.71. The second-order valence-electron chi connectivity index (χ2n) is 6.84. The molecule has 0 amide bonds. The Labute approximate surface area is 172 Å². The topological polar surface area (TPSA) is 122 Å². The predicted octanol–water partition coefficient (Wildman–Crippen LogP) is 0.279. The maximum absolute atomic E-state index is 12.8. The van der Waals surface area contributed by atoms with Gasteiger partial charge in [0.1, 0.15) is 10.6 Å². The van der Waals surface area contributed by atoms with Crippen LogP contribution in [0.1, 0.15) is 23.2 Å². The Morgan fingerprint density at radius 1 is 1.17 bits per heavy atom. The largest absolute Gasteiger partial charge is 0.495 e. The number of ether oxygens (including phenoxy) is 2. The lowest BCUT2D eigenvalue weighted by Crippen LogP contribution is -2.45. The van der Waals surface area contributed by atoms with Gasteiger partial charge < -0.3 is 9.47 Å². The molecule has 1 aliphatic heterocycles. The van der Waals surface area contributed by atoms with Crippen molar-refractivity contribution >= 4 is 26.2 Å². The van der Waals surface area contributed by atoms with Crippen LogP contribution in [0.5, 0.6) is 5.75 Å². The molecule has 164 valence electrons. The highest BCUT2D eigenvalue weighted by Crippen LogP contribution is 2.26. The minimum absolute atomic E-state index is 0.00632. The minimum atomic E-state index is -3.94. The number of nitrogens with zero attached hydrogens (tertiary/aromatic N) is 2. The van der Waals surface area contributed by atoms with Crippen molar-refractivity contribution in [1.82, 2.24) is 13.3 Å². The van der Waals surface area contributed by atoms with E-state index in [1.54, 1.807) is 0 Å². The van der Waals surface area contributed by atoms with Crippen molar-refractivity contribution in [3.63, 3.8) is 0 Å². The van der Waals surface area contributed by atoms with Gasteiger partial charge in [-0.15, -0.1) is 0 Å². The van der Waals surface area contributed by atoms with E-state index in [1.165, 1.54) is 50.8 Å². The van der Waals surface area contributed by atoms with E-state index in [9.17, 15) is 21.6 Å². The fourth-order valence-electron chi connectivity index (χ4n) is 3.01. The number of hydrogen-bond acceptors (Lipinski definition) is 7. The number of rotatable bonds is 8. The second kappa shape index (κ2) is 9.39. The molecular formula is C17H27N3O7S2. The molecule has 2 rings (SSSR count). The van der Waals surface area contributed by atoms with E-state index in [0.29, 0.717) is 25.9 Å². The molecule has 0 unspecified atom stereocenters. The third-order valence-electron chi connectivity index (χ3n) is 4.80. The van der Waals surface area contributed by atoms with Crippen molar-refractivity contribution in [2.45, 2.75) is 17.7 Å². The Hall–Kier alpha value is -1.73. The number of esters is 1. The van der Waals surface area contributed by atoms with E-state index in [-0.39, 0.29) is 28.7 Å². The molecule has 10 nitrogen and oxygen atoms in total. The first-order chi connectivity index (χ1) is 13.5. The van der Waals surface area contributed by atoms with Crippen LogP contribution in [-0.2, 0) is 25.0 Å². The van der Waals surface area contributed by atoms with Crippen LogP contribution in [0.15, 0.2) is 23.1 Å². The minimum Gasteiger partial charge on any atom is -0.495 e. The first-order valence-electron chi connectivity index (χ1n) is 8.96. The molecule has 1 aromatic carbocycles. The summed E-state index contributed by atoms with van der Waals surface area (Å²) in [7, 11) is -1.91. The summed E-state index contributed by atoms with van der Waals surface area (Å²) < 4.78 is 64.7.